The standard InChI is InChI=1S/C10H8BrN3O/c1-14-8(6-15)5-13-10(14)9-4-7(11)2-3-12-9/h2-6H,1H3. The van der Waals surface area contributed by atoms with Gasteiger partial charge in [-0.15, -0.1) is 0 Å². The molecule has 5 heteroatoms. The highest BCUT2D eigenvalue weighted by atomic mass is 79.9. The minimum atomic E-state index is 0.534. The zero-order valence-corrected chi connectivity index (χ0v) is 9.60. The Morgan fingerprint density at radius 2 is 2.27 bits per heavy atom. The first-order chi connectivity index (χ1) is 7.22. The molecule has 0 aromatic carbocycles. The second kappa shape index (κ2) is 3.94. The maximum atomic E-state index is 10.6. The zero-order chi connectivity index (χ0) is 10.8. The van der Waals surface area contributed by atoms with Crippen LogP contribution >= 0.6 is 15.9 Å². The molecular weight excluding hydrogens is 258 g/mol. The summed E-state index contributed by atoms with van der Waals surface area (Å²) in [5, 5.41) is 0. The van der Waals surface area contributed by atoms with Gasteiger partial charge in [0.05, 0.1) is 6.20 Å². The Kier molecular flexibility index (Phi) is 2.64. The molecule has 0 saturated carbocycles. The van der Waals surface area contributed by atoms with Crippen LogP contribution in [0.4, 0.5) is 0 Å². The molecule has 0 aliphatic heterocycles. The molecule has 2 heterocycles. The van der Waals surface area contributed by atoms with Crippen molar-refractivity contribution in [1.82, 2.24) is 14.5 Å². The van der Waals surface area contributed by atoms with Gasteiger partial charge in [-0.1, -0.05) is 15.9 Å². The van der Waals surface area contributed by atoms with Crippen molar-refractivity contribution in [1.29, 1.82) is 0 Å². The molecule has 2 aromatic rings. The van der Waals surface area contributed by atoms with Crippen molar-refractivity contribution in [3.05, 3.63) is 34.7 Å². The zero-order valence-electron chi connectivity index (χ0n) is 8.01. The number of carbonyl (C=O) groups is 1. The lowest BCUT2D eigenvalue weighted by atomic mass is 10.3. The van der Waals surface area contributed by atoms with Gasteiger partial charge in [0.15, 0.2) is 12.1 Å². The molecule has 0 amide bonds. The van der Waals surface area contributed by atoms with E-state index in [0.29, 0.717) is 11.5 Å². The summed E-state index contributed by atoms with van der Waals surface area (Å²) in [6.45, 7) is 0. The van der Waals surface area contributed by atoms with E-state index in [-0.39, 0.29) is 0 Å². The summed E-state index contributed by atoms with van der Waals surface area (Å²) in [5.41, 5.74) is 1.27. The predicted octanol–water partition coefficient (Wildman–Crippen LogP) is 2.06. The molecule has 0 radical (unpaired) electrons. The van der Waals surface area contributed by atoms with Crippen molar-refractivity contribution in [2.24, 2.45) is 7.05 Å². The summed E-state index contributed by atoms with van der Waals surface area (Å²) in [4.78, 5) is 19.0. The molecule has 4 nitrogen and oxygen atoms in total. The number of imidazole rings is 1. The molecule has 0 aliphatic carbocycles. The van der Waals surface area contributed by atoms with Gasteiger partial charge in [-0.25, -0.2) is 4.98 Å². The number of hydrogen-bond acceptors (Lipinski definition) is 3. The lowest BCUT2D eigenvalue weighted by Crippen LogP contribution is -1.98. The SMILES string of the molecule is Cn1c(C=O)cnc1-c1cc(Br)ccn1. The number of pyridine rings is 1. The maximum Gasteiger partial charge on any atom is 0.168 e. The number of halogens is 1. The van der Waals surface area contributed by atoms with Crippen LogP contribution in [0.25, 0.3) is 11.5 Å². The fourth-order valence-corrected chi connectivity index (χ4v) is 1.63. The Hall–Kier alpha value is -1.49. The van der Waals surface area contributed by atoms with Gasteiger partial charge in [0.2, 0.25) is 0 Å². The Labute approximate surface area is 95.1 Å². The fraction of sp³-hybridized carbons (Fsp3) is 0.100. The second-order valence-electron chi connectivity index (χ2n) is 3.04. The Bertz CT molecular complexity index is 507. The fourth-order valence-electron chi connectivity index (χ4n) is 1.30. The van der Waals surface area contributed by atoms with Crippen molar-refractivity contribution >= 4 is 22.2 Å². The van der Waals surface area contributed by atoms with Crippen LogP contribution < -0.4 is 0 Å². The Balaban J connectivity index is 2.54. The molecule has 0 aliphatic rings. The van der Waals surface area contributed by atoms with Gasteiger partial charge in [-0.2, -0.15) is 0 Å². The highest BCUT2D eigenvalue weighted by molar-refractivity contribution is 9.10. The van der Waals surface area contributed by atoms with Crippen LogP contribution in [-0.4, -0.2) is 20.8 Å². The quantitative estimate of drug-likeness (QED) is 0.781. The second-order valence-corrected chi connectivity index (χ2v) is 3.96. The van der Waals surface area contributed by atoms with Gasteiger partial charge in [0, 0.05) is 17.7 Å². The summed E-state index contributed by atoms with van der Waals surface area (Å²) in [7, 11) is 1.79. The van der Waals surface area contributed by atoms with Crippen LogP contribution in [0.3, 0.4) is 0 Å². The van der Waals surface area contributed by atoms with Crippen molar-refractivity contribution in [3.8, 4) is 11.5 Å². The number of aldehydes is 1. The molecule has 0 atom stereocenters. The number of nitrogens with zero attached hydrogens (tertiary/aromatic N) is 3. The summed E-state index contributed by atoms with van der Waals surface area (Å²) in [6.07, 6.45) is 3.99. The lowest BCUT2D eigenvalue weighted by Gasteiger charge is -2.01. The van der Waals surface area contributed by atoms with E-state index in [1.54, 1.807) is 17.8 Å². The average molecular weight is 266 g/mol. The van der Waals surface area contributed by atoms with Gasteiger partial charge in [0.1, 0.15) is 11.4 Å². The predicted molar refractivity (Wildman–Crippen MR) is 59.5 cm³/mol. The first-order valence-electron chi connectivity index (χ1n) is 4.31. The van der Waals surface area contributed by atoms with Crippen LogP contribution in [0.1, 0.15) is 10.5 Å². The number of hydrogen-bond donors (Lipinski definition) is 0. The average Bonchev–Trinajstić information content (AvgIpc) is 2.59. The first kappa shape index (κ1) is 10.0. The van der Waals surface area contributed by atoms with Gasteiger partial charge in [-0.05, 0) is 12.1 Å². The Morgan fingerprint density at radius 3 is 2.87 bits per heavy atom. The van der Waals surface area contributed by atoms with Gasteiger partial charge in [-0.3, -0.25) is 9.78 Å². The molecule has 2 rings (SSSR count). The Morgan fingerprint density at radius 1 is 1.47 bits per heavy atom. The topological polar surface area (TPSA) is 47.8 Å². The number of rotatable bonds is 2. The van der Waals surface area contributed by atoms with Gasteiger partial charge >= 0.3 is 0 Å². The van der Waals surface area contributed by atoms with Crippen molar-refractivity contribution in [2.45, 2.75) is 0 Å². The van der Waals surface area contributed by atoms with E-state index >= 15 is 0 Å². The highest BCUT2D eigenvalue weighted by Crippen LogP contribution is 2.19. The van der Waals surface area contributed by atoms with Crippen molar-refractivity contribution < 1.29 is 4.79 Å². The summed E-state index contributed by atoms with van der Waals surface area (Å²) in [6, 6.07) is 3.70. The number of carbonyl (C=O) groups excluding carboxylic acids is 1. The minimum Gasteiger partial charge on any atom is -0.324 e. The molecule has 0 spiro atoms. The van der Waals surface area contributed by atoms with Crippen LogP contribution in [0.2, 0.25) is 0 Å². The van der Waals surface area contributed by atoms with Gasteiger partial charge in [0.25, 0.3) is 0 Å². The highest BCUT2D eigenvalue weighted by Gasteiger charge is 2.08. The summed E-state index contributed by atoms with van der Waals surface area (Å²) >= 11 is 3.36. The van der Waals surface area contributed by atoms with E-state index < -0.39 is 0 Å². The largest absolute Gasteiger partial charge is 0.324 e. The van der Waals surface area contributed by atoms with Crippen LogP contribution in [-0.2, 0) is 7.05 Å². The minimum absolute atomic E-state index is 0.534. The van der Waals surface area contributed by atoms with E-state index in [4.69, 9.17) is 0 Å². The number of aromatic nitrogens is 3. The van der Waals surface area contributed by atoms with E-state index in [0.717, 1.165) is 16.5 Å². The molecule has 0 bridgehead atoms. The molecule has 0 saturated heterocycles. The van der Waals surface area contributed by atoms with E-state index in [2.05, 4.69) is 25.9 Å². The van der Waals surface area contributed by atoms with Crippen LogP contribution in [0, 0.1) is 0 Å². The first-order valence-corrected chi connectivity index (χ1v) is 5.10. The molecule has 0 unspecified atom stereocenters. The summed E-state index contributed by atoms with van der Waals surface area (Å²) < 4.78 is 2.64. The third-order valence-corrected chi connectivity index (χ3v) is 2.59. The smallest absolute Gasteiger partial charge is 0.168 e. The van der Waals surface area contributed by atoms with E-state index in [1.165, 1.54) is 6.20 Å². The molecule has 2 aromatic heterocycles. The molecule has 15 heavy (non-hydrogen) atoms. The lowest BCUT2D eigenvalue weighted by molar-refractivity contribution is 0.111. The molecular formula is C10H8BrN3O. The third kappa shape index (κ3) is 1.83. The van der Waals surface area contributed by atoms with E-state index in [1.807, 2.05) is 12.1 Å². The van der Waals surface area contributed by atoms with Gasteiger partial charge < -0.3 is 4.57 Å². The van der Waals surface area contributed by atoms with Crippen molar-refractivity contribution in [3.63, 3.8) is 0 Å². The molecule has 0 fully saturated rings. The molecule has 0 N–H and O–H groups in total. The normalized spacial score (nSPS) is 10.3. The van der Waals surface area contributed by atoms with Crippen LogP contribution in [0.15, 0.2) is 29.0 Å². The van der Waals surface area contributed by atoms with Crippen LogP contribution in [0.5, 0.6) is 0 Å². The summed E-state index contributed by atoms with van der Waals surface area (Å²) in [5.74, 6) is 0.679. The third-order valence-electron chi connectivity index (χ3n) is 2.10. The van der Waals surface area contributed by atoms with E-state index in [9.17, 15) is 4.79 Å². The monoisotopic (exact) mass is 265 g/mol. The molecule has 76 valence electrons. The maximum absolute atomic E-state index is 10.6. The van der Waals surface area contributed by atoms with Crippen molar-refractivity contribution in [2.75, 3.05) is 0 Å².